The van der Waals surface area contributed by atoms with Gasteiger partial charge in [0.2, 0.25) is 5.82 Å². The molecule has 7 nitrogen and oxygen atoms in total. The zero-order chi connectivity index (χ0) is 21.7. The van der Waals surface area contributed by atoms with Crippen molar-refractivity contribution in [2.24, 2.45) is 0 Å². The Morgan fingerprint density at radius 2 is 1.50 bits per heavy atom. The highest BCUT2D eigenvalue weighted by Crippen LogP contribution is 2.24. The van der Waals surface area contributed by atoms with Crippen molar-refractivity contribution in [2.75, 3.05) is 13.1 Å². The Kier molecular flexibility index (Phi) is 6.30. The van der Waals surface area contributed by atoms with Crippen molar-refractivity contribution in [1.29, 1.82) is 0 Å². The Morgan fingerprint density at radius 1 is 0.900 bits per heavy atom. The van der Waals surface area contributed by atoms with Crippen LogP contribution in [-0.2, 0) is 5.41 Å². The van der Waals surface area contributed by atoms with E-state index in [1.807, 2.05) is 43.3 Å². The molecule has 3 aromatic rings. The van der Waals surface area contributed by atoms with Gasteiger partial charge in [-0.05, 0) is 30.0 Å². The third-order valence-electron chi connectivity index (χ3n) is 4.64. The Hall–Kier alpha value is -3.48. The summed E-state index contributed by atoms with van der Waals surface area (Å²) < 4.78 is 5.08. The smallest absolute Gasteiger partial charge is 0.316 e. The van der Waals surface area contributed by atoms with Gasteiger partial charge in [0.05, 0.1) is 0 Å². The van der Waals surface area contributed by atoms with E-state index in [-0.39, 0.29) is 30.3 Å². The van der Waals surface area contributed by atoms with Crippen molar-refractivity contribution in [3.8, 4) is 11.4 Å². The molecule has 2 aromatic carbocycles. The fraction of sp³-hybridized carbons (Fsp3) is 0.304. The Labute approximate surface area is 175 Å². The van der Waals surface area contributed by atoms with Crippen LogP contribution < -0.4 is 10.6 Å². The number of carbonyl (C=O) groups is 2. The number of nitrogens with zero attached hydrogens (tertiary/aromatic N) is 2. The van der Waals surface area contributed by atoms with Crippen LogP contribution in [0.15, 0.2) is 53.1 Å². The van der Waals surface area contributed by atoms with Crippen LogP contribution in [0.25, 0.3) is 11.4 Å². The summed E-state index contributed by atoms with van der Waals surface area (Å²) in [5, 5.41) is 9.30. The van der Waals surface area contributed by atoms with Gasteiger partial charge in [-0.2, -0.15) is 4.98 Å². The molecule has 0 saturated carbocycles. The van der Waals surface area contributed by atoms with Crippen molar-refractivity contribution >= 4 is 11.8 Å². The molecule has 0 bridgehead atoms. The van der Waals surface area contributed by atoms with Crippen molar-refractivity contribution in [3.63, 3.8) is 0 Å². The van der Waals surface area contributed by atoms with Crippen LogP contribution in [-0.4, -0.2) is 35.0 Å². The first-order chi connectivity index (χ1) is 14.2. The third-order valence-corrected chi connectivity index (χ3v) is 4.64. The molecule has 0 saturated heterocycles. The summed E-state index contributed by atoms with van der Waals surface area (Å²) in [6, 6.07) is 15.1. The van der Waals surface area contributed by atoms with Crippen LogP contribution in [0.2, 0.25) is 0 Å². The largest absolute Gasteiger partial charge is 0.350 e. The maximum atomic E-state index is 12.2. The summed E-state index contributed by atoms with van der Waals surface area (Å²) in [5.41, 5.74) is 3.68. The quantitative estimate of drug-likeness (QED) is 0.611. The molecule has 0 fully saturated rings. The number of amides is 2. The Morgan fingerprint density at radius 3 is 2.10 bits per heavy atom. The predicted octanol–water partition coefficient (Wildman–Crippen LogP) is 3.50. The molecule has 0 radical (unpaired) electrons. The van der Waals surface area contributed by atoms with E-state index in [1.54, 1.807) is 12.1 Å². The SMILES string of the molecule is Cc1ccc(C(=O)NCCNC(=O)c2nc(-c3ccc(C(C)(C)C)cc3)no2)cc1. The molecule has 0 unspecified atom stereocenters. The molecular formula is C23H26N4O3. The number of hydrogen-bond donors (Lipinski definition) is 2. The number of carbonyl (C=O) groups excluding carboxylic acids is 2. The summed E-state index contributed by atoms with van der Waals surface area (Å²) >= 11 is 0. The van der Waals surface area contributed by atoms with Gasteiger partial charge in [0.25, 0.3) is 5.91 Å². The highest BCUT2D eigenvalue weighted by Gasteiger charge is 2.17. The normalized spacial score (nSPS) is 11.2. The molecule has 0 aliphatic heterocycles. The van der Waals surface area contributed by atoms with Gasteiger partial charge in [-0.15, -0.1) is 0 Å². The topological polar surface area (TPSA) is 97.1 Å². The van der Waals surface area contributed by atoms with Gasteiger partial charge in [0.1, 0.15) is 0 Å². The van der Waals surface area contributed by atoms with E-state index in [0.717, 1.165) is 11.1 Å². The summed E-state index contributed by atoms with van der Waals surface area (Å²) in [6.07, 6.45) is 0. The lowest BCUT2D eigenvalue weighted by molar-refractivity contribution is 0.0898. The average Bonchev–Trinajstić information content (AvgIpc) is 3.21. The molecule has 2 amide bonds. The van der Waals surface area contributed by atoms with Gasteiger partial charge in [0, 0.05) is 24.2 Å². The van der Waals surface area contributed by atoms with Crippen molar-refractivity contribution in [3.05, 3.63) is 71.1 Å². The minimum atomic E-state index is -0.482. The second-order valence-electron chi connectivity index (χ2n) is 8.13. The molecule has 0 spiro atoms. The van der Waals surface area contributed by atoms with E-state index >= 15 is 0 Å². The Balaban J connectivity index is 1.50. The standard InChI is InChI=1S/C23H26N4O3/c1-15-5-7-17(8-6-15)20(28)24-13-14-25-21(29)22-26-19(27-30-22)16-9-11-18(12-10-16)23(2,3)4/h5-12H,13-14H2,1-4H3,(H,24,28)(H,25,29). The fourth-order valence-electron chi connectivity index (χ4n) is 2.79. The van der Waals surface area contributed by atoms with Crippen LogP contribution >= 0.6 is 0 Å². The van der Waals surface area contributed by atoms with E-state index < -0.39 is 5.91 Å². The summed E-state index contributed by atoms with van der Waals surface area (Å²) in [4.78, 5) is 28.4. The second kappa shape index (κ2) is 8.90. The number of rotatable bonds is 6. The molecule has 30 heavy (non-hydrogen) atoms. The highest BCUT2D eigenvalue weighted by molar-refractivity contribution is 5.94. The number of hydrogen-bond acceptors (Lipinski definition) is 5. The van der Waals surface area contributed by atoms with Gasteiger partial charge >= 0.3 is 11.8 Å². The fourth-order valence-corrected chi connectivity index (χ4v) is 2.79. The second-order valence-corrected chi connectivity index (χ2v) is 8.13. The average molecular weight is 406 g/mol. The molecule has 2 N–H and O–H groups in total. The van der Waals surface area contributed by atoms with E-state index in [9.17, 15) is 9.59 Å². The highest BCUT2D eigenvalue weighted by atomic mass is 16.5. The lowest BCUT2D eigenvalue weighted by Crippen LogP contribution is -2.34. The zero-order valence-electron chi connectivity index (χ0n) is 17.7. The molecule has 0 atom stereocenters. The molecule has 1 aromatic heterocycles. The van der Waals surface area contributed by atoms with E-state index in [2.05, 4.69) is 41.5 Å². The van der Waals surface area contributed by atoms with Crippen molar-refractivity contribution in [1.82, 2.24) is 20.8 Å². The first-order valence-corrected chi connectivity index (χ1v) is 9.82. The summed E-state index contributed by atoms with van der Waals surface area (Å²) in [5.74, 6) is -0.435. The molecule has 1 heterocycles. The van der Waals surface area contributed by atoms with Crippen LogP contribution in [0, 0.1) is 6.92 Å². The third kappa shape index (κ3) is 5.31. The summed E-state index contributed by atoms with van der Waals surface area (Å²) in [6.45, 7) is 8.91. The van der Waals surface area contributed by atoms with Crippen molar-refractivity contribution in [2.45, 2.75) is 33.1 Å². The molecular weight excluding hydrogens is 380 g/mol. The maximum absolute atomic E-state index is 12.2. The number of nitrogens with one attached hydrogen (secondary N) is 2. The van der Waals surface area contributed by atoms with Gasteiger partial charge in [0.15, 0.2) is 0 Å². The van der Waals surface area contributed by atoms with Crippen LogP contribution in [0.3, 0.4) is 0 Å². The number of aromatic nitrogens is 2. The Bertz CT molecular complexity index is 1020. The molecule has 7 heteroatoms. The number of aryl methyl sites for hydroxylation is 1. The van der Waals surface area contributed by atoms with Gasteiger partial charge in [-0.1, -0.05) is 67.9 Å². The zero-order valence-corrected chi connectivity index (χ0v) is 17.7. The van der Waals surface area contributed by atoms with Gasteiger partial charge in [-0.25, -0.2) is 0 Å². The molecule has 0 aliphatic rings. The van der Waals surface area contributed by atoms with Crippen molar-refractivity contribution < 1.29 is 14.1 Å². The molecule has 0 aliphatic carbocycles. The first kappa shape index (κ1) is 21.2. The lowest BCUT2D eigenvalue weighted by Gasteiger charge is -2.18. The maximum Gasteiger partial charge on any atom is 0.316 e. The summed E-state index contributed by atoms with van der Waals surface area (Å²) in [7, 11) is 0. The molecule has 3 rings (SSSR count). The van der Waals surface area contributed by atoms with Crippen LogP contribution in [0.4, 0.5) is 0 Å². The minimum Gasteiger partial charge on any atom is -0.350 e. The van der Waals surface area contributed by atoms with E-state index in [1.165, 1.54) is 5.56 Å². The van der Waals surface area contributed by atoms with Crippen LogP contribution in [0.5, 0.6) is 0 Å². The molecule has 156 valence electrons. The van der Waals surface area contributed by atoms with Gasteiger partial charge in [-0.3, -0.25) is 9.59 Å². The predicted molar refractivity (Wildman–Crippen MR) is 114 cm³/mol. The lowest BCUT2D eigenvalue weighted by atomic mass is 9.87. The minimum absolute atomic E-state index is 0.0513. The van der Waals surface area contributed by atoms with E-state index in [4.69, 9.17) is 4.52 Å². The monoisotopic (exact) mass is 406 g/mol. The van der Waals surface area contributed by atoms with E-state index in [0.29, 0.717) is 11.4 Å². The number of benzene rings is 2. The van der Waals surface area contributed by atoms with Gasteiger partial charge < -0.3 is 15.2 Å². The van der Waals surface area contributed by atoms with Crippen LogP contribution in [0.1, 0.15) is 52.9 Å². The first-order valence-electron chi connectivity index (χ1n) is 9.82.